The van der Waals surface area contributed by atoms with Crippen LogP contribution >= 0.6 is 11.6 Å². The molecule has 2 aromatic carbocycles. The smallest absolute Gasteiger partial charge is 0.337 e. The lowest BCUT2D eigenvalue weighted by molar-refractivity contribution is 0.0697. The number of aromatic carboxylic acids is 1. The normalized spacial score (nSPS) is 10.7. The lowest BCUT2D eigenvalue weighted by Gasteiger charge is -2.03. The number of nitrogens with one attached hydrogen (secondary N) is 1. The summed E-state index contributed by atoms with van der Waals surface area (Å²) < 4.78 is 0. The predicted octanol–water partition coefficient (Wildman–Crippen LogP) is 3.19. The molecule has 5 nitrogen and oxygen atoms in total. The zero-order chi connectivity index (χ0) is 14.5. The van der Waals surface area contributed by atoms with Crippen molar-refractivity contribution >= 4 is 29.5 Å². The number of aromatic hydroxyl groups is 1. The summed E-state index contributed by atoms with van der Waals surface area (Å²) in [5, 5.41) is 22.6. The van der Waals surface area contributed by atoms with E-state index >= 15 is 0 Å². The number of carboxylic acid groups (broad SMARTS) is 1. The molecule has 0 fully saturated rings. The van der Waals surface area contributed by atoms with E-state index in [1.54, 1.807) is 30.3 Å². The first-order valence-corrected chi connectivity index (χ1v) is 6.05. The van der Waals surface area contributed by atoms with Crippen LogP contribution in [0.2, 0.25) is 5.02 Å². The van der Waals surface area contributed by atoms with E-state index in [9.17, 15) is 9.90 Å². The van der Waals surface area contributed by atoms with Gasteiger partial charge in [0.2, 0.25) is 0 Å². The first-order chi connectivity index (χ1) is 9.58. The SMILES string of the molecule is O=C(O)c1cc(N/N=C/c2ccccc2O)ccc1Cl. The molecule has 0 aliphatic heterocycles. The minimum Gasteiger partial charge on any atom is -0.507 e. The highest BCUT2D eigenvalue weighted by Gasteiger charge is 2.08. The number of rotatable bonds is 4. The van der Waals surface area contributed by atoms with E-state index in [1.165, 1.54) is 18.3 Å². The molecule has 0 atom stereocenters. The van der Waals surface area contributed by atoms with Gasteiger partial charge < -0.3 is 10.2 Å². The third-order valence-electron chi connectivity index (χ3n) is 2.53. The highest BCUT2D eigenvalue weighted by atomic mass is 35.5. The summed E-state index contributed by atoms with van der Waals surface area (Å²) in [5.74, 6) is -0.997. The van der Waals surface area contributed by atoms with Crippen molar-refractivity contribution in [3.8, 4) is 5.75 Å². The maximum Gasteiger partial charge on any atom is 0.337 e. The lowest BCUT2D eigenvalue weighted by Crippen LogP contribution is -1.99. The highest BCUT2D eigenvalue weighted by molar-refractivity contribution is 6.33. The molecule has 0 heterocycles. The molecule has 20 heavy (non-hydrogen) atoms. The van der Waals surface area contributed by atoms with Crippen molar-refractivity contribution in [2.24, 2.45) is 5.10 Å². The predicted molar refractivity (Wildman–Crippen MR) is 77.7 cm³/mol. The molecule has 102 valence electrons. The van der Waals surface area contributed by atoms with Crippen molar-refractivity contribution in [3.05, 3.63) is 58.6 Å². The van der Waals surface area contributed by atoms with Gasteiger partial charge in [0.25, 0.3) is 0 Å². The molecule has 0 aliphatic rings. The van der Waals surface area contributed by atoms with Crippen LogP contribution in [0.3, 0.4) is 0 Å². The number of phenols is 1. The molecule has 0 spiro atoms. The van der Waals surface area contributed by atoms with Gasteiger partial charge >= 0.3 is 5.97 Å². The van der Waals surface area contributed by atoms with E-state index in [0.717, 1.165) is 0 Å². The second-order valence-electron chi connectivity index (χ2n) is 3.93. The summed E-state index contributed by atoms with van der Waals surface area (Å²) in [6.07, 6.45) is 1.43. The second kappa shape index (κ2) is 6.08. The molecule has 2 aromatic rings. The summed E-state index contributed by atoms with van der Waals surface area (Å²) in [6, 6.07) is 11.2. The van der Waals surface area contributed by atoms with Crippen LogP contribution in [-0.2, 0) is 0 Å². The van der Waals surface area contributed by atoms with Gasteiger partial charge in [-0.05, 0) is 30.3 Å². The van der Waals surface area contributed by atoms with Crippen molar-refractivity contribution in [1.29, 1.82) is 0 Å². The monoisotopic (exact) mass is 290 g/mol. The molecular formula is C14H11ClN2O3. The first kappa shape index (κ1) is 13.9. The maximum absolute atomic E-state index is 10.9. The summed E-state index contributed by atoms with van der Waals surface area (Å²) >= 11 is 5.76. The molecule has 2 rings (SSSR count). The van der Waals surface area contributed by atoms with Crippen molar-refractivity contribution in [1.82, 2.24) is 0 Å². The van der Waals surface area contributed by atoms with Crippen LogP contribution in [-0.4, -0.2) is 22.4 Å². The first-order valence-electron chi connectivity index (χ1n) is 5.68. The Hall–Kier alpha value is -2.53. The molecular weight excluding hydrogens is 280 g/mol. The zero-order valence-corrected chi connectivity index (χ0v) is 11.0. The maximum atomic E-state index is 10.9. The minimum atomic E-state index is -1.11. The second-order valence-corrected chi connectivity index (χ2v) is 4.34. The number of carbonyl (C=O) groups is 1. The number of phenolic OH excluding ortho intramolecular Hbond substituents is 1. The molecule has 0 saturated heterocycles. The molecule has 0 aromatic heterocycles. The Morgan fingerprint density at radius 3 is 2.70 bits per heavy atom. The van der Waals surface area contributed by atoms with Crippen LogP contribution in [0.5, 0.6) is 5.75 Å². The number of anilines is 1. The summed E-state index contributed by atoms with van der Waals surface area (Å²) in [4.78, 5) is 10.9. The number of halogens is 1. The number of carboxylic acids is 1. The van der Waals surface area contributed by atoms with Crippen molar-refractivity contribution < 1.29 is 15.0 Å². The quantitative estimate of drug-likeness (QED) is 0.596. The third kappa shape index (κ3) is 3.27. The Labute approximate surface area is 120 Å². The van der Waals surface area contributed by atoms with E-state index < -0.39 is 5.97 Å². The molecule has 0 aliphatic carbocycles. The summed E-state index contributed by atoms with van der Waals surface area (Å²) in [7, 11) is 0. The Morgan fingerprint density at radius 2 is 2.00 bits per heavy atom. The Kier molecular flexibility index (Phi) is 4.22. The molecule has 0 radical (unpaired) electrons. The third-order valence-corrected chi connectivity index (χ3v) is 2.86. The zero-order valence-electron chi connectivity index (χ0n) is 10.2. The molecule has 6 heteroatoms. The van der Waals surface area contributed by atoms with Gasteiger partial charge in [0.15, 0.2) is 0 Å². The Bertz CT molecular complexity index is 671. The lowest BCUT2D eigenvalue weighted by atomic mass is 10.2. The van der Waals surface area contributed by atoms with Gasteiger partial charge in [-0.3, -0.25) is 5.43 Å². The average Bonchev–Trinajstić information content (AvgIpc) is 2.42. The van der Waals surface area contributed by atoms with Crippen molar-refractivity contribution in [3.63, 3.8) is 0 Å². The molecule has 0 amide bonds. The van der Waals surface area contributed by atoms with Gasteiger partial charge in [-0.15, -0.1) is 0 Å². The standard InChI is InChI=1S/C14H11ClN2O3/c15-12-6-5-10(7-11(12)14(19)20)17-16-8-9-3-1-2-4-13(9)18/h1-8,17-18H,(H,19,20)/b16-8+. The van der Waals surface area contributed by atoms with E-state index in [4.69, 9.17) is 16.7 Å². The van der Waals surface area contributed by atoms with Crippen molar-refractivity contribution in [2.45, 2.75) is 0 Å². The van der Waals surface area contributed by atoms with Gasteiger partial charge in [0, 0.05) is 5.56 Å². The topological polar surface area (TPSA) is 81.9 Å². The van der Waals surface area contributed by atoms with Crippen LogP contribution < -0.4 is 5.43 Å². The van der Waals surface area contributed by atoms with Crippen LogP contribution in [0.25, 0.3) is 0 Å². The van der Waals surface area contributed by atoms with E-state index in [2.05, 4.69) is 10.5 Å². The molecule has 3 N–H and O–H groups in total. The molecule has 0 unspecified atom stereocenters. The van der Waals surface area contributed by atoms with Crippen molar-refractivity contribution in [2.75, 3.05) is 5.43 Å². The largest absolute Gasteiger partial charge is 0.507 e. The van der Waals surface area contributed by atoms with Crippen LogP contribution in [0.4, 0.5) is 5.69 Å². The van der Waals surface area contributed by atoms with Gasteiger partial charge in [0.1, 0.15) is 5.75 Å². The number of benzene rings is 2. The number of para-hydroxylation sites is 1. The molecule has 0 bridgehead atoms. The van der Waals surface area contributed by atoms with Crippen LogP contribution in [0.1, 0.15) is 15.9 Å². The van der Waals surface area contributed by atoms with Crippen LogP contribution in [0.15, 0.2) is 47.6 Å². The Balaban J connectivity index is 2.14. The van der Waals surface area contributed by atoms with Gasteiger partial charge in [0.05, 0.1) is 22.5 Å². The number of hydrazone groups is 1. The van der Waals surface area contributed by atoms with Gasteiger partial charge in [-0.2, -0.15) is 5.10 Å². The fraction of sp³-hybridized carbons (Fsp3) is 0. The summed E-state index contributed by atoms with van der Waals surface area (Å²) in [6.45, 7) is 0. The fourth-order valence-corrected chi connectivity index (χ4v) is 1.73. The van der Waals surface area contributed by atoms with Gasteiger partial charge in [-0.1, -0.05) is 23.7 Å². The number of nitrogens with zero attached hydrogens (tertiary/aromatic N) is 1. The average molecular weight is 291 g/mol. The number of hydrogen-bond donors (Lipinski definition) is 3. The fourth-order valence-electron chi connectivity index (χ4n) is 1.53. The highest BCUT2D eigenvalue weighted by Crippen LogP contribution is 2.20. The minimum absolute atomic E-state index is 0.00516. The van der Waals surface area contributed by atoms with E-state index in [-0.39, 0.29) is 16.3 Å². The number of hydrogen-bond acceptors (Lipinski definition) is 4. The Morgan fingerprint density at radius 1 is 1.25 bits per heavy atom. The van der Waals surface area contributed by atoms with Crippen LogP contribution in [0, 0.1) is 0 Å². The summed E-state index contributed by atoms with van der Waals surface area (Å²) in [5.41, 5.74) is 3.71. The van der Waals surface area contributed by atoms with E-state index in [0.29, 0.717) is 11.3 Å². The van der Waals surface area contributed by atoms with E-state index in [1.807, 2.05) is 0 Å². The van der Waals surface area contributed by atoms with Gasteiger partial charge in [-0.25, -0.2) is 4.79 Å². The molecule has 0 saturated carbocycles.